The monoisotopic (exact) mass is 336 g/mol. The Morgan fingerprint density at radius 2 is 1.08 bits per heavy atom. The highest BCUT2D eigenvalue weighted by Gasteiger charge is 2.07. The van der Waals surface area contributed by atoms with Crippen LogP contribution in [0.25, 0.3) is 0 Å². The zero-order chi connectivity index (χ0) is 17.6. The molecule has 0 aliphatic rings. The van der Waals surface area contributed by atoms with Gasteiger partial charge in [-0.3, -0.25) is 0 Å². The number of nitrogens with zero attached hydrogens (tertiary/aromatic N) is 3. The molecule has 1 aromatic heterocycles. The third-order valence-corrected chi connectivity index (χ3v) is 3.30. The average molecular weight is 336 g/mol. The number of aromatic nitrogens is 3. The first-order chi connectivity index (χ1) is 12.1. The fourth-order valence-corrected chi connectivity index (χ4v) is 2.12. The van der Waals surface area contributed by atoms with Crippen LogP contribution in [0, 0.1) is 0 Å². The van der Waals surface area contributed by atoms with Crippen LogP contribution >= 0.6 is 0 Å². The molecule has 0 saturated heterocycles. The minimum atomic E-state index is 0.425. The van der Waals surface area contributed by atoms with Crippen LogP contribution in [0.15, 0.2) is 48.5 Å². The van der Waals surface area contributed by atoms with Crippen LogP contribution < -0.4 is 27.4 Å². The van der Waals surface area contributed by atoms with Crippen molar-refractivity contribution in [2.75, 3.05) is 34.0 Å². The fraction of sp³-hybridized carbons (Fsp3) is 0.118. The second kappa shape index (κ2) is 7.35. The maximum Gasteiger partial charge on any atom is 0.233 e. The Morgan fingerprint density at radius 3 is 1.48 bits per heavy atom. The SMILES string of the molecule is CCNc1nc(Nc2ccc(N)cc2)nc(Nc2ccc(N)cc2)n1. The molecule has 3 aromatic rings. The van der Waals surface area contributed by atoms with Crippen LogP contribution in [0.3, 0.4) is 0 Å². The molecular weight excluding hydrogens is 316 g/mol. The summed E-state index contributed by atoms with van der Waals surface area (Å²) >= 11 is 0. The Kier molecular flexibility index (Phi) is 4.79. The second-order valence-electron chi connectivity index (χ2n) is 5.33. The molecule has 0 bridgehead atoms. The van der Waals surface area contributed by atoms with Gasteiger partial charge in [-0.2, -0.15) is 15.0 Å². The molecular formula is C17H20N8. The largest absolute Gasteiger partial charge is 0.399 e. The molecule has 25 heavy (non-hydrogen) atoms. The van der Waals surface area contributed by atoms with Crippen molar-refractivity contribution in [3.05, 3.63) is 48.5 Å². The van der Waals surface area contributed by atoms with Gasteiger partial charge in [-0.05, 0) is 55.5 Å². The van der Waals surface area contributed by atoms with Gasteiger partial charge in [0, 0.05) is 29.3 Å². The lowest BCUT2D eigenvalue weighted by atomic mass is 10.3. The van der Waals surface area contributed by atoms with E-state index in [1.165, 1.54) is 0 Å². The summed E-state index contributed by atoms with van der Waals surface area (Å²) in [6, 6.07) is 14.7. The number of nitrogen functional groups attached to an aromatic ring is 2. The Bertz CT molecular complexity index is 765. The summed E-state index contributed by atoms with van der Waals surface area (Å²) in [5.41, 5.74) is 14.5. The lowest BCUT2D eigenvalue weighted by Gasteiger charge is -2.11. The third kappa shape index (κ3) is 4.47. The molecule has 128 valence electrons. The number of rotatable bonds is 6. The molecule has 0 spiro atoms. The fourth-order valence-electron chi connectivity index (χ4n) is 2.12. The van der Waals surface area contributed by atoms with E-state index in [9.17, 15) is 0 Å². The van der Waals surface area contributed by atoms with E-state index in [0.717, 1.165) is 11.4 Å². The van der Waals surface area contributed by atoms with Crippen LogP contribution in [0.1, 0.15) is 6.92 Å². The highest BCUT2D eigenvalue weighted by molar-refractivity contribution is 5.61. The van der Waals surface area contributed by atoms with Crippen LogP contribution in [0.4, 0.5) is 40.6 Å². The Labute approximate surface area is 145 Å². The summed E-state index contributed by atoms with van der Waals surface area (Å²) < 4.78 is 0. The van der Waals surface area contributed by atoms with Crippen LogP contribution in [0.5, 0.6) is 0 Å². The Balaban J connectivity index is 1.85. The molecule has 0 radical (unpaired) electrons. The van der Waals surface area contributed by atoms with Gasteiger partial charge in [-0.15, -0.1) is 0 Å². The van der Waals surface area contributed by atoms with Crippen molar-refractivity contribution < 1.29 is 0 Å². The molecule has 1 heterocycles. The van der Waals surface area contributed by atoms with Crippen molar-refractivity contribution in [1.29, 1.82) is 0 Å². The van der Waals surface area contributed by atoms with Gasteiger partial charge >= 0.3 is 0 Å². The van der Waals surface area contributed by atoms with E-state index in [-0.39, 0.29) is 0 Å². The number of hydrogen-bond donors (Lipinski definition) is 5. The van der Waals surface area contributed by atoms with Crippen molar-refractivity contribution in [3.63, 3.8) is 0 Å². The minimum Gasteiger partial charge on any atom is -0.399 e. The smallest absolute Gasteiger partial charge is 0.233 e. The first-order valence-electron chi connectivity index (χ1n) is 7.87. The number of nitrogens with two attached hydrogens (primary N) is 2. The number of benzene rings is 2. The Morgan fingerprint density at radius 1 is 0.680 bits per heavy atom. The van der Waals surface area contributed by atoms with E-state index in [0.29, 0.717) is 35.8 Å². The molecule has 2 aromatic carbocycles. The van der Waals surface area contributed by atoms with E-state index < -0.39 is 0 Å². The first-order valence-corrected chi connectivity index (χ1v) is 7.87. The van der Waals surface area contributed by atoms with E-state index >= 15 is 0 Å². The average Bonchev–Trinajstić information content (AvgIpc) is 2.59. The standard InChI is InChI=1S/C17H20N8/c1-2-20-15-23-16(21-13-7-3-11(18)4-8-13)25-17(24-15)22-14-9-5-12(19)6-10-14/h3-10H,2,18-19H2,1H3,(H3,20,21,22,23,24,25). The van der Waals surface area contributed by atoms with Gasteiger partial charge in [0.2, 0.25) is 17.8 Å². The summed E-state index contributed by atoms with van der Waals surface area (Å²) in [6.07, 6.45) is 0. The van der Waals surface area contributed by atoms with Gasteiger partial charge in [0.1, 0.15) is 0 Å². The van der Waals surface area contributed by atoms with Gasteiger partial charge < -0.3 is 27.4 Å². The van der Waals surface area contributed by atoms with E-state index in [4.69, 9.17) is 11.5 Å². The second-order valence-corrected chi connectivity index (χ2v) is 5.33. The van der Waals surface area contributed by atoms with Crippen molar-refractivity contribution in [2.45, 2.75) is 6.92 Å². The molecule has 0 aliphatic heterocycles. The molecule has 0 unspecified atom stereocenters. The molecule has 0 amide bonds. The zero-order valence-corrected chi connectivity index (χ0v) is 13.8. The predicted octanol–water partition coefficient (Wildman–Crippen LogP) is 2.96. The molecule has 8 heteroatoms. The summed E-state index contributed by atoms with van der Waals surface area (Å²) in [5.74, 6) is 1.33. The maximum absolute atomic E-state index is 5.71. The van der Waals surface area contributed by atoms with Gasteiger partial charge in [0.25, 0.3) is 0 Å². The first kappa shape index (κ1) is 16.3. The molecule has 0 saturated carbocycles. The van der Waals surface area contributed by atoms with Crippen molar-refractivity contribution in [2.24, 2.45) is 0 Å². The van der Waals surface area contributed by atoms with Crippen molar-refractivity contribution >= 4 is 40.6 Å². The Hall–Kier alpha value is -3.55. The highest BCUT2D eigenvalue weighted by Crippen LogP contribution is 2.20. The zero-order valence-electron chi connectivity index (χ0n) is 13.8. The minimum absolute atomic E-state index is 0.425. The van der Waals surface area contributed by atoms with E-state index in [1.54, 1.807) is 0 Å². The summed E-state index contributed by atoms with van der Waals surface area (Å²) in [4.78, 5) is 13.1. The van der Waals surface area contributed by atoms with Gasteiger partial charge in [0.15, 0.2) is 0 Å². The topological polar surface area (TPSA) is 127 Å². The van der Waals surface area contributed by atoms with Crippen LogP contribution in [0.2, 0.25) is 0 Å². The predicted molar refractivity (Wildman–Crippen MR) is 102 cm³/mol. The van der Waals surface area contributed by atoms with Gasteiger partial charge in [-0.25, -0.2) is 0 Å². The molecule has 0 aliphatic carbocycles. The normalized spacial score (nSPS) is 10.3. The molecule has 3 rings (SSSR count). The molecule has 7 N–H and O–H groups in total. The number of anilines is 7. The van der Waals surface area contributed by atoms with Gasteiger partial charge in [0.05, 0.1) is 0 Å². The lowest BCUT2D eigenvalue weighted by molar-refractivity contribution is 1.03. The number of hydrogen-bond acceptors (Lipinski definition) is 8. The van der Waals surface area contributed by atoms with E-state index in [1.807, 2.05) is 55.5 Å². The van der Waals surface area contributed by atoms with Crippen LogP contribution in [-0.2, 0) is 0 Å². The van der Waals surface area contributed by atoms with Crippen molar-refractivity contribution in [1.82, 2.24) is 15.0 Å². The number of nitrogens with one attached hydrogen (secondary N) is 3. The quantitative estimate of drug-likeness (QED) is 0.435. The summed E-state index contributed by atoms with van der Waals surface area (Å²) in [6.45, 7) is 2.68. The lowest BCUT2D eigenvalue weighted by Crippen LogP contribution is -2.09. The molecule has 8 nitrogen and oxygen atoms in total. The van der Waals surface area contributed by atoms with Crippen molar-refractivity contribution in [3.8, 4) is 0 Å². The van der Waals surface area contributed by atoms with E-state index in [2.05, 4.69) is 30.9 Å². The summed E-state index contributed by atoms with van der Waals surface area (Å²) in [7, 11) is 0. The maximum atomic E-state index is 5.71. The summed E-state index contributed by atoms with van der Waals surface area (Å²) in [5, 5.41) is 9.39. The third-order valence-electron chi connectivity index (χ3n) is 3.30. The highest BCUT2D eigenvalue weighted by atomic mass is 15.3. The molecule has 0 fully saturated rings. The van der Waals surface area contributed by atoms with Crippen LogP contribution in [-0.4, -0.2) is 21.5 Å². The molecule has 0 atom stereocenters. The van der Waals surface area contributed by atoms with Gasteiger partial charge in [-0.1, -0.05) is 0 Å².